The second-order valence-electron chi connectivity index (χ2n) is 4.63. The highest BCUT2D eigenvalue weighted by Gasteiger charge is 2.27. The van der Waals surface area contributed by atoms with Crippen molar-refractivity contribution in [2.75, 3.05) is 0 Å². The van der Waals surface area contributed by atoms with Gasteiger partial charge in [0, 0.05) is 5.92 Å². The SMILES string of the molecule is C#CC1C=CC(S(=O)(=O)c2ccc(C)cc2)CC1. The van der Waals surface area contributed by atoms with Crippen molar-refractivity contribution in [1.29, 1.82) is 0 Å². The Morgan fingerprint density at radius 3 is 2.33 bits per heavy atom. The Kier molecular flexibility index (Phi) is 3.58. The molecule has 3 heteroatoms. The highest BCUT2D eigenvalue weighted by molar-refractivity contribution is 7.92. The second kappa shape index (κ2) is 4.99. The lowest BCUT2D eigenvalue weighted by atomic mass is 9.97. The third-order valence-corrected chi connectivity index (χ3v) is 5.40. The Bertz CT molecular complexity index is 588. The summed E-state index contributed by atoms with van der Waals surface area (Å²) in [6.07, 6.45) is 10.2. The van der Waals surface area contributed by atoms with Crippen LogP contribution in [0.4, 0.5) is 0 Å². The summed E-state index contributed by atoms with van der Waals surface area (Å²) in [5.74, 6) is 2.72. The van der Waals surface area contributed by atoms with Gasteiger partial charge in [-0.3, -0.25) is 0 Å². The average molecular weight is 260 g/mol. The van der Waals surface area contributed by atoms with E-state index < -0.39 is 15.1 Å². The fourth-order valence-corrected chi connectivity index (χ4v) is 3.70. The molecule has 0 bridgehead atoms. The van der Waals surface area contributed by atoms with E-state index in [1.54, 1.807) is 18.2 Å². The topological polar surface area (TPSA) is 34.1 Å². The van der Waals surface area contributed by atoms with Gasteiger partial charge in [0.25, 0.3) is 0 Å². The first kappa shape index (κ1) is 12.9. The molecule has 1 aromatic rings. The molecule has 1 aromatic carbocycles. The van der Waals surface area contributed by atoms with Gasteiger partial charge in [0.1, 0.15) is 0 Å². The Hall–Kier alpha value is -1.53. The molecule has 0 heterocycles. The van der Waals surface area contributed by atoms with Gasteiger partial charge in [-0.25, -0.2) is 8.42 Å². The summed E-state index contributed by atoms with van der Waals surface area (Å²) in [5.41, 5.74) is 1.06. The normalized spacial score (nSPS) is 23.6. The molecule has 0 amide bonds. The number of hydrogen-bond acceptors (Lipinski definition) is 2. The predicted molar refractivity (Wildman–Crippen MR) is 72.8 cm³/mol. The van der Waals surface area contributed by atoms with Gasteiger partial charge in [-0.1, -0.05) is 35.8 Å². The van der Waals surface area contributed by atoms with Gasteiger partial charge in [-0.15, -0.1) is 6.42 Å². The van der Waals surface area contributed by atoms with Crippen LogP contribution in [0.2, 0.25) is 0 Å². The quantitative estimate of drug-likeness (QED) is 0.605. The van der Waals surface area contributed by atoms with Crippen LogP contribution in [0.15, 0.2) is 41.3 Å². The molecule has 0 spiro atoms. The van der Waals surface area contributed by atoms with Crippen molar-refractivity contribution >= 4 is 9.84 Å². The predicted octanol–water partition coefficient (Wildman–Crippen LogP) is 2.74. The first-order valence-corrected chi connectivity index (χ1v) is 7.53. The molecule has 0 aromatic heterocycles. The molecular formula is C15H16O2S. The first-order valence-electron chi connectivity index (χ1n) is 5.99. The van der Waals surface area contributed by atoms with Crippen molar-refractivity contribution < 1.29 is 8.42 Å². The number of allylic oxidation sites excluding steroid dienone is 1. The molecule has 0 fully saturated rings. The van der Waals surface area contributed by atoms with Crippen molar-refractivity contribution in [2.45, 2.75) is 29.9 Å². The Balaban J connectivity index is 2.28. The third-order valence-electron chi connectivity index (χ3n) is 3.28. The van der Waals surface area contributed by atoms with Gasteiger partial charge >= 0.3 is 0 Å². The minimum atomic E-state index is -3.27. The molecule has 2 unspecified atom stereocenters. The number of benzene rings is 1. The second-order valence-corrected chi connectivity index (χ2v) is 6.80. The van der Waals surface area contributed by atoms with Gasteiger partial charge in [0.15, 0.2) is 9.84 Å². The number of aryl methyl sites for hydroxylation is 1. The molecule has 0 saturated heterocycles. The number of sulfone groups is 1. The lowest BCUT2D eigenvalue weighted by Gasteiger charge is -2.20. The minimum absolute atomic E-state index is 0.0782. The van der Waals surface area contributed by atoms with Crippen LogP contribution in [0.5, 0.6) is 0 Å². The fourth-order valence-electron chi connectivity index (χ4n) is 2.09. The zero-order chi connectivity index (χ0) is 13.2. The van der Waals surface area contributed by atoms with Gasteiger partial charge < -0.3 is 0 Å². The molecule has 18 heavy (non-hydrogen) atoms. The van der Waals surface area contributed by atoms with Gasteiger partial charge in [0.05, 0.1) is 10.1 Å². The molecule has 94 valence electrons. The van der Waals surface area contributed by atoms with Crippen molar-refractivity contribution in [1.82, 2.24) is 0 Å². The smallest absolute Gasteiger partial charge is 0.184 e. The maximum absolute atomic E-state index is 12.4. The number of rotatable bonds is 2. The number of hydrogen-bond donors (Lipinski definition) is 0. The van der Waals surface area contributed by atoms with Gasteiger partial charge in [-0.2, -0.15) is 0 Å². The van der Waals surface area contributed by atoms with E-state index in [0.717, 1.165) is 12.0 Å². The molecule has 0 saturated carbocycles. The Morgan fingerprint density at radius 1 is 1.17 bits per heavy atom. The van der Waals surface area contributed by atoms with E-state index in [9.17, 15) is 8.42 Å². The molecule has 2 nitrogen and oxygen atoms in total. The van der Waals surface area contributed by atoms with Crippen molar-refractivity contribution in [3.05, 3.63) is 42.0 Å². The minimum Gasteiger partial charge on any atom is -0.223 e. The van der Waals surface area contributed by atoms with E-state index >= 15 is 0 Å². The molecular weight excluding hydrogens is 244 g/mol. The van der Waals surface area contributed by atoms with E-state index in [4.69, 9.17) is 6.42 Å². The van der Waals surface area contributed by atoms with E-state index in [0.29, 0.717) is 11.3 Å². The van der Waals surface area contributed by atoms with Crippen LogP contribution in [-0.4, -0.2) is 13.7 Å². The monoisotopic (exact) mass is 260 g/mol. The maximum Gasteiger partial charge on any atom is 0.184 e. The Morgan fingerprint density at radius 2 is 1.83 bits per heavy atom. The molecule has 0 aliphatic heterocycles. The van der Waals surface area contributed by atoms with Crippen molar-refractivity contribution in [2.24, 2.45) is 5.92 Å². The van der Waals surface area contributed by atoms with Gasteiger partial charge in [-0.05, 0) is 31.9 Å². The zero-order valence-corrected chi connectivity index (χ0v) is 11.2. The Labute approximate surface area is 109 Å². The van der Waals surface area contributed by atoms with E-state index in [-0.39, 0.29) is 5.92 Å². The third kappa shape index (κ3) is 2.49. The van der Waals surface area contributed by atoms with Crippen LogP contribution in [-0.2, 0) is 9.84 Å². The lowest BCUT2D eigenvalue weighted by Crippen LogP contribution is -2.23. The van der Waals surface area contributed by atoms with Crippen molar-refractivity contribution in [3.8, 4) is 12.3 Å². The number of terminal acetylenes is 1. The summed E-state index contributed by atoms with van der Waals surface area (Å²) in [6, 6.07) is 6.99. The van der Waals surface area contributed by atoms with Crippen LogP contribution in [0, 0.1) is 25.2 Å². The molecule has 0 N–H and O–H groups in total. The maximum atomic E-state index is 12.4. The van der Waals surface area contributed by atoms with E-state index in [1.807, 2.05) is 25.1 Å². The summed E-state index contributed by atoms with van der Waals surface area (Å²) in [5, 5.41) is -0.440. The summed E-state index contributed by atoms with van der Waals surface area (Å²) >= 11 is 0. The summed E-state index contributed by atoms with van der Waals surface area (Å²) in [4.78, 5) is 0.391. The van der Waals surface area contributed by atoms with Crippen LogP contribution < -0.4 is 0 Å². The largest absolute Gasteiger partial charge is 0.223 e. The lowest BCUT2D eigenvalue weighted by molar-refractivity contribution is 0.567. The summed E-state index contributed by atoms with van der Waals surface area (Å²) in [6.45, 7) is 1.94. The first-order chi connectivity index (χ1) is 8.54. The summed E-state index contributed by atoms with van der Waals surface area (Å²) in [7, 11) is -3.27. The van der Waals surface area contributed by atoms with E-state index in [1.165, 1.54) is 0 Å². The fraction of sp³-hybridized carbons (Fsp3) is 0.333. The highest BCUT2D eigenvalue weighted by atomic mass is 32.2. The molecule has 2 atom stereocenters. The standard InChI is InChI=1S/C15H16O2S/c1-3-13-6-10-15(11-7-13)18(16,17)14-8-4-12(2)5-9-14/h1,4-6,8-10,13,15H,7,11H2,2H3. The van der Waals surface area contributed by atoms with E-state index in [2.05, 4.69) is 5.92 Å². The highest BCUT2D eigenvalue weighted by Crippen LogP contribution is 2.26. The zero-order valence-electron chi connectivity index (χ0n) is 10.3. The molecule has 1 aliphatic rings. The summed E-state index contributed by atoms with van der Waals surface area (Å²) < 4.78 is 24.8. The van der Waals surface area contributed by atoms with Crippen LogP contribution in [0.3, 0.4) is 0 Å². The molecule has 1 aliphatic carbocycles. The molecule has 0 radical (unpaired) electrons. The van der Waals surface area contributed by atoms with Crippen molar-refractivity contribution in [3.63, 3.8) is 0 Å². The van der Waals surface area contributed by atoms with Crippen LogP contribution in [0.25, 0.3) is 0 Å². The van der Waals surface area contributed by atoms with Crippen LogP contribution in [0.1, 0.15) is 18.4 Å². The average Bonchev–Trinajstić information content (AvgIpc) is 2.39. The van der Waals surface area contributed by atoms with Crippen LogP contribution >= 0.6 is 0 Å². The molecule has 2 rings (SSSR count). The van der Waals surface area contributed by atoms with Gasteiger partial charge in [0.2, 0.25) is 0 Å².